The number of aryl methyl sites for hydroxylation is 1. The molecule has 0 radical (unpaired) electrons. The number of fused-ring (bicyclic) bond motifs is 1. The zero-order chi connectivity index (χ0) is 25.9. The number of pyridine rings is 1. The van der Waals surface area contributed by atoms with E-state index in [4.69, 9.17) is 25.9 Å². The molecule has 2 heterocycles. The van der Waals surface area contributed by atoms with Gasteiger partial charge in [0.05, 0.1) is 6.61 Å². The minimum absolute atomic E-state index is 0.0256. The molecule has 0 spiro atoms. The zero-order valence-electron chi connectivity index (χ0n) is 18.9. The highest BCUT2D eigenvalue weighted by Gasteiger charge is 2.46. The maximum atomic E-state index is 11.6. The maximum absolute atomic E-state index is 11.6. The summed E-state index contributed by atoms with van der Waals surface area (Å²) in [4.78, 5) is 47.4. The number of carbonyl (C=O) groups is 1. The van der Waals surface area contributed by atoms with Gasteiger partial charge in [-0.2, -0.15) is 0 Å². The molecule has 0 bridgehead atoms. The number of benzene rings is 1. The molecule has 2 aromatic rings. The molecule has 13 nitrogen and oxygen atoms in total. The molecule has 1 unspecified atom stereocenters. The number of hydrogen-bond donors (Lipinski definition) is 1. The minimum atomic E-state index is -1.73. The molecule has 1 aliphatic heterocycles. The molecular weight excluding hydrogens is 490 g/mol. The molecule has 0 aliphatic carbocycles. The summed E-state index contributed by atoms with van der Waals surface area (Å²) in [5.74, 6) is 0. The summed E-state index contributed by atoms with van der Waals surface area (Å²) < 4.78 is 11.1. The number of carboxylic acid groups (broad SMARTS) is 1. The molecule has 3 rings (SSSR count). The van der Waals surface area contributed by atoms with Crippen LogP contribution in [0.1, 0.15) is 54.0 Å². The summed E-state index contributed by atoms with van der Waals surface area (Å²) in [7, 11) is 0. The average molecular weight is 512 g/mol. The molecule has 0 amide bonds. The van der Waals surface area contributed by atoms with Gasteiger partial charge < -0.3 is 24.3 Å². The van der Waals surface area contributed by atoms with Crippen molar-refractivity contribution in [3.63, 3.8) is 0 Å². The first kappa shape index (κ1) is 25.9. The van der Waals surface area contributed by atoms with Crippen LogP contribution in [0.4, 0.5) is 4.79 Å². The Labute approximate surface area is 203 Å². The largest absolute Gasteiger partial charge is 0.506 e. The Bertz CT molecular complexity index is 1130. The second-order valence-corrected chi connectivity index (χ2v) is 8.91. The van der Waals surface area contributed by atoms with Gasteiger partial charge in [-0.25, -0.2) is 4.79 Å². The van der Waals surface area contributed by atoms with Gasteiger partial charge in [-0.15, -0.1) is 20.2 Å². The van der Waals surface area contributed by atoms with Gasteiger partial charge in [0.25, 0.3) is 10.2 Å². The van der Waals surface area contributed by atoms with Crippen molar-refractivity contribution in [3.05, 3.63) is 83.7 Å². The second-order valence-electron chi connectivity index (χ2n) is 8.47. The molecule has 0 saturated heterocycles. The van der Waals surface area contributed by atoms with E-state index in [1.54, 1.807) is 37.4 Å². The van der Waals surface area contributed by atoms with Crippen LogP contribution >= 0.6 is 11.6 Å². The van der Waals surface area contributed by atoms with E-state index < -0.39 is 46.7 Å². The van der Waals surface area contributed by atoms with Gasteiger partial charge in [-0.1, -0.05) is 37.6 Å². The molecular formula is C21H22ClN3O10. The van der Waals surface area contributed by atoms with Crippen LogP contribution in [-0.4, -0.2) is 39.1 Å². The molecule has 3 atom stereocenters. The van der Waals surface area contributed by atoms with Crippen LogP contribution in [0.5, 0.6) is 0 Å². The third-order valence-electron chi connectivity index (χ3n) is 5.61. The highest BCUT2D eigenvalue weighted by Crippen LogP contribution is 2.44. The lowest BCUT2D eigenvalue weighted by molar-refractivity contribution is -0.782. The predicted octanol–water partition coefficient (Wildman–Crippen LogP) is 4.21. The van der Waals surface area contributed by atoms with E-state index in [1.165, 1.54) is 13.8 Å². The normalized spacial score (nSPS) is 16.6. The number of nitrogens with zero attached hydrogens (tertiary/aromatic N) is 3. The molecule has 1 aromatic carbocycles. The third kappa shape index (κ3) is 5.87. The second kappa shape index (κ2) is 10.3. The lowest BCUT2D eigenvalue weighted by atomic mass is 9.80. The molecule has 188 valence electrons. The van der Waals surface area contributed by atoms with Gasteiger partial charge >= 0.3 is 6.16 Å². The standard InChI is InChI=1S/C21H22ClN3O10/c1-11-16(15-9-32-17(14(15)8-23-11)12-4-6-13(22)7-5-12)18(34-20(26)27)19(35-25(30)31)21(2,3)10-33-24(28)29/h4-8,17-19H,9-10H2,1-3H3,(H,26,27)/t17-,18?,19-/m1/s1. The van der Waals surface area contributed by atoms with E-state index in [-0.39, 0.29) is 12.2 Å². The number of hydrogen-bond acceptors (Lipinski definition) is 10. The van der Waals surface area contributed by atoms with Crippen LogP contribution in [-0.2, 0) is 25.8 Å². The number of rotatable bonds is 10. The van der Waals surface area contributed by atoms with E-state index in [0.717, 1.165) is 5.56 Å². The Morgan fingerprint density at radius 2 is 1.94 bits per heavy atom. The van der Waals surface area contributed by atoms with E-state index in [0.29, 0.717) is 21.8 Å². The van der Waals surface area contributed by atoms with Crippen molar-refractivity contribution < 1.29 is 39.2 Å². The lowest BCUT2D eigenvalue weighted by Crippen LogP contribution is -2.44. The van der Waals surface area contributed by atoms with Crippen LogP contribution in [0.25, 0.3) is 0 Å². The van der Waals surface area contributed by atoms with Gasteiger partial charge in [0.2, 0.25) is 0 Å². The first-order valence-corrected chi connectivity index (χ1v) is 10.6. The summed E-state index contributed by atoms with van der Waals surface area (Å²) in [6.45, 7) is 3.75. The smallest absolute Gasteiger partial charge is 0.450 e. The predicted molar refractivity (Wildman–Crippen MR) is 118 cm³/mol. The fourth-order valence-electron chi connectivity index (χ4n) is 4.00. The monoisotopic (exact) mass is 511 g/mol. The fraction of sp³-hybridized carbons (Fsp3) is 0.429. The first-order chi connectivity index (χ1) is 16.4. The molecule has 1 N–H and O–H groups in total. The molecule has 0 fully saturated rings. The first-order valence-electron chi connectivity index (χ1n) is 10.2. The highest BCUT2D eigenvalue weighted by molar-refractivity contribution is 6.30. The summed E-state index contributed by atoms with van der Waals surface area (Å²) in [5, 5.41) is 29.9. The van der Waals surface area contributed by atoms with Crippen molar-refractivity contribution in [2.24, 2.45) is 5.41 Å². The summed E-state index contributed by atoms with van der Waals surface area (Å²) in [5.41, 5.74) is 0.960. The SMILES string of the molecule is Cc1ncc2c(c1C(OC(=O)O)[C@@H](O[N+](=O)[O-])C(C)(C)CO[N+](=O)[O-])CO[C@@H]2c1ccc(Cl)cc1. The quantitative estimate of drug-likeness (QED) is 0.275. The summed E-state index contributed by atoms with van der Waals surface area (Å²) in [6.07, 6.45) is -3.93. The summed E-state index contributed by atoms with van der Waals surface area (Å²) >= 11 is 5.97. The number of ether oxygens (including phenoxy) is 2. The van der Waals surface area contributed by atoms with Crippen molar-refractivity contribution >= 4 is 17.8 Å². The Morgan fingerprint density at radius 3 is 2.51 bits per heavy atom. The van der Waals surface area contributed by atoms with Crippen LogP contribution in [0.15, 0.2) is 30.5 Å². The average Bonchev–Trinajstić information content (AvgIpc) is 3.19. The zero-order valence-corrected chi connectivity index (χ0v) is 19.6. The van der Waals surface area contributed by atoms with Crippen LogP contribution in [0.2, 0.25) is 5.02 Å². The minimum Gasteiger partial charge on any atom is -0.450 e. The van der Waals surface area contributed by atoms with Crippen LogP contribution in [0.3, 0.4) is 0 Å². The van der Waals surface area contributed by atoms with E-state index in [2.05, 4.69) is 9.82 Å². The Balaban J connectivity index is 2.13. The molecule has 1 aromatic heterocycles. The van der Waals surface area contributed by atoms with Crippen LogP contribution in [0, 0.1) is 32.6 Å². The van der Waals surface area contributed by atoms with Gasteiger partial charge in [0.1, 0.15) is 12.7 Å². The fourth-order valence-corrected chi connectivity index (χ4v) is 4.13. The van der Waals surface area contributed by atoms with E-state index in [9.17, 15) is 30.1 Å². The van der Waals surface area contributed by atoms with Crippen molar-refractivity contribution in [1.82, 2.24) is 4.98 Å². The molecule has 0 saturated carbocycles. The van der Waals surface area contributed by atoms with Gasteiger partial charge in [0.15, 0.2) is 12.2 Å². The Kier molecular flexibility index (Phi) is 7.60. The molecule has 35 heavy (non-hydrogen) atoms. The lowest BCUT2D eigenvalue weighted by Gasteiger charge is -2.36. The Morgan fingerprint density at radius 1 is 1.29 bits per heavy atom. The number of halogens is 1. The highest BCUT2D eigenvalue weighted by atomic mass is 35.5. The van der Waals surface area contributed by atoms with Crippen molar-refractivity contribution in [3.8, 4) is 0 Å². The Hall–Kier alpha value is -3.71. The van der Waals surface area contributed by atoms with Crippen molar-refractivity contribution in [2.45, 2.75) is 45.7 Å². The van der Waals surface area contributed by atoms with Crippen LogP contribution < -0.4 is 0 Å². The molecule has 14 heteroatoms. The topological polar surface area (TPSA) is 173 Å². The number of aromatic nitrogens is 1. The summed E-state index contributed by atoms with van der Waals surface area (Å²) in [6, 6.07) is 6.92. The van der Waals surface area contributed by atoms with Gasteiger partial charge in [-0.3, -0.25) is 4.98 Å². The maximum Gasteiger partial charge on any atom is 0.506 e. The van der Waals surface area contributed by atoms with E-state index in [1.807, 2.05) is 0 Å². The van der Waals surface area contributed by atoms with E-state index >= 15 is 0 Å². The van der Waals surface area contributed by atoms with Crippen molar-refractivity contribution in [1.29, 1.82) is 0 Å². The van der Waals surface area contributed by atoms with Gasteiger partial charge in [0, 0.05) is 33.5 Å². The van der Waals surface area contributed by atoms with Crippen molar-refractivity contribution in [2.75, 3.05) is 6.61 Å². The third-order valence-corrected chi connectivity index (χ3v) is 5.86. The molecule has 1 aliphatic rings. The van der Waals surface area contributed by atoms with Gasteiger partial charge in [-0.05, 0) is 30.2 Å².